The summed E-state index contributed by atoms with van der Waals surface area (Å²) in [6, 6.07) is 0. The molecule has 6 heteroatoms. The van der Waals surface area contributed by atoms with Crippen LogP contribution in [0.4, 0.5) is 0 Å². The van der Waals surface area contributed by atoms with Crippen LogP contribution in [0.1, 0.15) is 26.2 Å². The van der Waals surface area contributed by atoms with Crippen molar-refractivity contribution in [2.24, 2.45) is 0 Å². The summed E-state index contributed by atoms with van der Waals surface area (Å²) < 4.78 is 1.62. The normalized spacial score (nSPS) is 12.4. The number of hydrogen-bond donors (Lipinski definition) is 2. The fourth-order valence-corrected chi connectivity index (χ4v) is 1.28. The van der Waals surface area contributed by atoms with E-state index in [2.05, 4.69) is 15.4 Å². The number of aliphatic hydroxyl groups excluding tert-OH is 1. The van der Waals surface area contributed by atoms with Gasteiger partial charge in [0.25, 0.3) is 0 Å². The van der Waals surface area contributed by atoms with Gasteiger partial charge in [0.15, 0.2) is 0 Å². The molecule has 0 aliphatic rings. The van der Waals surface area contributed by atoms with Crippen molar-refractivity contribution in [2.45, 2.75) is 38.8 Å². The summed E-state index contributed by atoms with van der Waals surface area (Å²) in [4.78, 5) is 15.1. The zero-order valence-electron chi connectivity index (χ0n) is 9.46. The van der Waals surface area contributed by atoms with Crippen LogP contribution in [0.5, 0.6) is 0 Å². The molecule has 1 unspecified atom stereocenters. The molecule has 6 nitrogen and oxygen atoms in total. The van der Waals surface area contributed by atoms with E-state index in [0.717, 1.165) is 6.42 Å². The first-order valence-electron chi connectivity index (χ1n) is 5.45. The predicted molar refractivity (Wildman–Crippen MR) is 58.6 cm³/mol. The molecule has 0 fully saturated rings. The first-order valence-corrected chi connectivity index (χ1v) is 5.45. The standard InChI is InChI=1S/C10H18N4O2/c1-9(15)3-2-5-12-10(16)4-6-14-8-11-7-13-14/h7-9,15H,2-6H2,1H3,(H,12,16). The molecule has 2 N–H and O–H groups in total. The smallest absolute Gasteiger partial charge is 0.221 e. The molecule has 0 aliphatic carbocycles. The first kappa shape index (κ1) is 12.6. The quantitative estimate of drug-likeness (QED) is 0.639. The molecule has 0 spiro atoms. The maximum absolute atomic E-state index is 11.3. The summed E-state index contributed by atoms with van der Waals surface area (Å²) in [6.45, 7) is 2.90. The lowest BCUT2D eigenvalue weighted by Gasteiger charge is -2.06. The van der Waals surface area contributed by atoms with Crippen LogP contribution in [0.15, 0.2) is 12.7 Å². The molecule has 0 saturated carbocycles. The van der Waals surface area contributed by atoms with Crippen molar-refractivity contribution >= 4 is 5.91 Å². The van der Waals surface area contributed by atoms with E-state index in [4.69, 9.17) is 5.11 Å². The summed E-state index contributed by atoms with van der Waals surface area (Å²) >= 11 is 0. The van der Waals surface area contributed by atoms with E-state index >= 15 is 0 Å². The highest BCUT2D eigenvalue weighted by atomic mass is 16.3. The van der Waals surface area contributed by atoms with E-state index in [1.807, 2.05) is 0 Å². The van der Waals surface area contributed by atoms with E-state index in [1.54, 1.807) is 17.9 Å². The van der Waals surface area contributed by atoms with Crippen LogP contribution >= 0.6 is 0 Å². The van der Waals surface area contributed by atoms with Crippen molar-refractivity contribution < 1.29 is 9.90 Å². The van der Waals surface area contributed by atoms with Gasteiger partial charge in [-0.3, -0.25) is 9.48 Å². The Bertz CT molecular complexity index is 298. The maximum Gasteiger partial charge on any atom is 0.221 e. The molecule has 0 saturated heterocycles. The van der Waals surface area contributed by atoms with E-state index in [9.17, 15) is 4.79 Å². The van der Waals surface area contributed by atoms with Gasteiger partial charge in [-0.05, 0) is 19.8 Å². The first-order chi connectivity index (χ1) is 7.68. The molecule has 1 rings (SSSR count). The van der Waals surface area contributed by atoms with Gasteiger partial charge in [-0.2, -0.15) is 5.10 Å². The monoisotopic (exact) mass is 226 g/mol. The third kappa shape index (κ3) is 5.45. The number of aliphatic hydroxyl groups is 1. The van der Waals surface area contributed by atoms with Gasteiger partial charge in [0.05, 0.1) is 12.6 Å². The van der Waals surface area contributed by atoms with Crippen molar-refractivity contribution in [1.29, 1.82) is 0 Å². The fraction of sp³-hybridized carbons (Fsp3) is 0.700. The molecule has 1 aromatic rings. The highest BCUT2D eigenvalue weighted by molar-refractivity contribution is 5.75. The Kier molecular flexibility index (Phi) is 5.49. The summed E-state index contributed by atoms with van der Waals surface area (Å²) in [6.07, 6.45) is 4.64. The zero-order valence-corrected chi connectivity index (χ0v) is 9.46. The van der Waals surface area contributed by atoms with Crippen LogP contribution in [0, 0.1) is 0 Å². The highest BCUT2D eigenvalue weighted by Gasteiger charge is 2.02. The maximum atomic E-state index is 11.3. The largest absolute Gasteiger partial charge is 0.393 e. The lowest BCUT2D eigenvalue weighted by atomic mass is 10.2. The summed E-state index contributed by atoms with van der Waals surface area (Å²) in [5, 5.41) is 15.7. The number of rotatable bonds is 7. The molecular weight excluding hydrogens is 208 g/mol. The topological polar surface area (TPSA) is 80.0 Å². The van der Waals surface area contributed by atoms with Crippen LogP contribution in [-0.2, 0) is 11.3 Å². The number of hydrogen-bond acceptors (Lipinski definition) is 4. The fourth-order valence-electron chi connectivity index (χ4n) is 1.28. The van der Waals surface area contributed by atoms with Crippen molar-refractivity contribution in [3.05, 3.63) is 12.7 Å². The average molecular weight is 226 g/mol. The van der Waals surface area contributed by atoms with E-state index < -0.39 is 0 Å². The van der Waals surface area contributed by atoms with E-state index in [0.29, 0.717) is 25.9 Å². The third-order valence-corrected chi connectivity index (χ3v) is 2.16. The van der Waals surface area contributed by atoms with Crippen LogP contribution in [-0.4, -0.2) is 38.4 Å². The van der Waals surface area contributed by atoms with Crippen molar-refractivity contribution in [2.75, 3.05) is 6.54 Å². The number of aryl methyl sites for hydroxylation is 1. The Morgan fingerprint density at radius 3 is 3.06 bits per heavy atom. The number of carbonyl (C=O) groups excluding carboxylic acids is 1. The van der Waals surface area contributed by atoms with Crippen molar-refractivity contribution in [3.63, 3.8) is 0 Å². The second kappa shape index (κ2) is 6.95. The molecular formula is C10H18N4O2. The molecule has 1 atom stereocenters. The number of nitrogens with zero attached hydrogens (tertiary/aromatic N) is 3. The molecule has 0 bridgehead atoms. The SMILES string of the molecule is CC(O)CCCNC(=O)CCn1cncn1. The minimum atomic E-state index is -0.299. The molecule has 1 aromatic heterocycles. The Balaban J connectivity index is 2.03. The predicted octanol–water partition coefficient (Wildman–Crippen LogP) is -0.0546. The number of aromatic nitrogens is 3. The molecule has 90 valence electrons. The van der Waals surface area contributed by atoms with E-state index in [-0.39, 0.29) is 12.0 Å². The highest BCUT2D eigenvalue weighted by Crippen LogP contribution is 1.94. The number of amides is 1. The number of nitrogens with one attached hydrogen (secondary N) is 1. The lowest BCUT2D eigenvalue weighted by molar-refractivity contribution is -0.121. The van der Waals surface area contributed by atoms with Crippen LogP contribution in [0.3, 0.4) is 0 Å². The Morgan fingerprint density at radius 1 is 1.62 bits per heavy atom. The Labute approximate surface area is 94.7 Å². The van der Waals surface area contributed by atoms with Crippen molar-refractivity contribution in [1.82, 2.24) is 20.1 Å². The minimum Gasteiger partial charge on any atom is -0.393 e. The third-order valence-electron chi connectivity index (χ3n) is 2.16. The molecule has 0 radical (unpaired) electrons. The summed E-state index contributed by atoms with van der Waals surface area (Å²) in [7, 11) is 0. The van der Waals surface area contributed by atoms with Gasteiger partial charge in [-0.15, -0.1) is 0 Å². The van der Waals surface area contributed by atoms with Gasteiger partial charge in [0.2, 0.25) is 5.91 Å². The van der Waals surface area contributed by atoms with Gasteiger partial charge in [0.1, 0.15) is 12.7 Å². The zero-order chi connectivity index (χ0) is 11.8. The summed E-state index contributed by atoms with van der Waals surface area (Å²) in [5.41, 5.74) is 0. The van der Waals surface area contributed by atoms with Gasteiger partial charge in [0, 0.05) is 13.0 Å². The van der Waals surface area contributed by atoms with Crippen molar-refractivity contribution in [3.8, 4) is 0 Å². The number of carbonyl (C=O) groups is 1. The molecule has 0 aliphatic heterocycles. The molecule has 1 heterocycles. The Morgan fingerprint density at radius 2 is 2.44 bits per heavy atom. The lowest BCUT2D eigenvalue weighted by Crippen LogP contribution is -2.26. The van der Waals surface area contributed by atoms with Gasteiger partial charge in [-0.1, -0.05) is 0 Å². The van der Waals surface area contributed by atoms with Gasteiger partial charge < -0.3 is 10.4 Å². The molecule has 0 aromatic carbocycles. The van der Waals surface area contributed by atoms with Crippen LogP contribution in [0.2, 0.25) is 0 Å². The van der Waals surface area contributed by atoms with Gasteiger partial charge >= 0.3 is 0 Å². The van der Waals surface area contributed by atoms with Crippen LogP contribution in [0.25, 0.3) is 0 Å². The van der Waals surface area contributed by atoms with Gasteiger partial charge in [-0.25, -0.2) is 4.98 Å². The average Bonchev–Trinajstić information content (AvgIpc) is 2.74. The second-order valence-corrected chi connectivity index (χ2v) is 3.75. The summed E-state index contributed by atoms with van der Waals surface area (Å²) in [5.74, 6) is 0.00101. The van der Waals surface area contributed by atoms with Crippen LogP contribution < -0.4 is 5.32 Å². The minimum absolute atomic E-state index is 0.00101. The molecule has 1 amide bonds. The Hall–Kier alpha value is -1.43. The van der Waals surface area contributed by atoms with E-state index in [1.165, 1.54) is 6.33 Å². The molecule has 16 heavy (non-hydrogen) atoms. The second-order valence-electron chi connectivity index (χ2n) is 3.75.